The minimum Gasteiger partial charge on any atom is -0.466 e. The van der Waals surface area contributed by atoms with Crippen molar-refractivity contribution >= 4 is 5.97 Å². The standard InChI is InChI=1S/C8H14O3/c1-6(9)11-5-7-2-3-8(10)4-7/h7-8,10H,2-5H2,1H3/t7-,8?/m1/s1. The molecule has 0 aromatic carbocycles. The van der Waals surface area contributed by atoms with E-state index >= 15 is 0 Å². The lowest BCUT2D eigenvalue weighted by Gasteiger charge is -2.07. The Morgan fingerprint density at radius 1 is 1.64 bits per heavy atom. The van der Waals surface area contributed by atoms with Gasteiger partial charge < -0.3 is 9.84 Å². The molecule has 11 heavy (non-hydrogen) atoms. The van der Waals surface area contributed by atoms with Gasteiger partial charge >= 0.3 is 5.97 Å². The minimum atomic E-state index is -0.230. The van der Waals surface area contributed by atoms with E-state index in [-0.39, 0.29) is 12.1 Å². The maximum absolute atomic E-state index is 10.4. The lowest BCUT2D eigenvalue weighted by Crippen LogP contribution is -2.10. The summed E-state index contributed by atoms with van der Waals surface area (Å²) in [4.78, 5) is 10.4. The van der Waals surface area contributed by atoms with Crippen molar-refractivity contribution in [3.05, 3.63) is 0 Å². The van der Waals surface area contributed by atoms with Crippen molar-refractivity contribution in [2.24, 2.45) is 5.92 Å². The second-order valence-electron chi connectivity index (χ2n) is 3.14. The monoisotopic (exact) mass is 158 g/mol. The summed E-state index contributed by atoms with van der Waals surface area (Å²) in [6.45, 7) is 1.89. The zero-order chi connectivity index (χ0) is 8.27. The van der Waals surface area contributed by atoms with Gasteiger partial charge in [0.15, 0.2) is 0 Å². The molecule has 0 bridgehead atoms. The zero-order valence-corrected chi connectivity index (χ0v) is 6.75. The molecular weight excluding hydrogens is 144 g/mol. The molecule has 0 saturated heterocycles. The topological polar surface area (TPSA) is 46.5 Å². The lowest BCUT2D eigenvalue weighted by molar-refractivity contribution is -0.142. The average molecular weight is 158 g/mol. The number of aliphatic hydroxyl groups is 1. The van der Waals surface area contributed by atoms with Crippen LogP contribution in [0.1, 0.15) is 26.2 Å². The van der Waals surface area contributed by atoms with Crippen LogP contribution in [0.2, 0.25) is 0 Å². The first-order valence-corrected chi connectivity index (χ1v) is 4.00. The molecule has 0 aliphatic heterocycles. The molecule has 1 N–H and O–H groups in total. The van der Waals surface area contributed by atoms with E-state index in [2.05, 4.69) is 0 Å². The molecule has 1 fully saturated rings. The molecule has 0 amide bonds. The first kappa shape index (κ1) is 8.53. The number of rotatable bonds is 2. The third kappa shape index (κ3) is 2.89. The SMILES string of the molecule is CC(=O)OC[C@@H]1CCC(O)C1. The van der Waals surface area contributed by atoms with Gasteiger partial charge in [-0.05, 0) is 25.2 Å². The average Bonchev–Trinajstić information content (AvgIpc) is 2.31. The third-order valence-corrected chi connectivity index (χ3v) is 2.04. The van der Waals surface area contributed by atoms with Gasteiger partial charge in [-0.2, -0.15) is 0 Å². The Hall–Kier alpha value is -0.570. The van der Waals surface area contributed by atoms with Crippen LogP contribution in [0.4, 0.5) is 0 Å². The second kappa shape index (κ2) is 3.72. The number of hydrogen-bond acceptors (Lipinski definition) is 3. The molecule has 0 aromatic rings. The molecule has 64 valence electrons. The first-order chi connectivity index (χ1) is 5.18. The molecule has 0 aromatic heterocycles. The van der Waals surface area contributed by atoms with Crippen molar-refractivity contribution in [1.82, 2.24) is 0 Å². The third-order valence-electron chi connectivity index (χ3n) is 2.04. The zero-order valence-electron chi connectivity index (χ0n) is 6.75. The van der Waals surface area contributed by atoms with Crippen molar-refractivity contribution in [1.29, 1.82) is 0 Å². The summed E-state index contributed by atoms with van der Waals surface area (Å²) in [6.07, 6.45) is 2.45. The van der Waals surface area contributed by atoms with Crippen molar-refractivity contribution in [3.63, 3.8) is 0 Å². The summed E-state index contributed by atoms with van der Waals surface area (Å²) in [5, 5.41) is 9.12. The van der Waals surface area contributed by atoms with Crippen molar-refractivity contribution in [3.8, 4) is 0 Å². The highest BCUT2D eigenvalue weighted by atomic mass is 16.5. The van der Waals surface area contributed by atoms with Crippen LogP contribution in [0.5, 0.6) is 0 Å². The number of carbonyl (C=O) groups excluding carboxylic acids is 1. The fraction of sp³-hybridized carbons (Fsp3) is 0.875. The van der Waals surface area contributed by atoms with Crippen LogP contribution in [0.3, 0.4) is 0 Å². The summed E-state index contributed by atoms with van der Waals surface area (Å²) in [7, 11) is 0. The summed E-state index contributed by atoms with van der Waals surface area (Å²) in [5.41, 5.74) is 0. The molecule has 1 rings (SSSR count). The van der Waals surface area contributed by atoms with Crippen LogP contribution in [-0.4, -0.2) is 23.8 Å². The molecule has 1 unspecified atom stereocenters. The Kier molecular flexibility index (Phi) is 2.88. The van der Waals surface area contributed by atoms with E-state index in [1.54, 1.807) is 0 Å². The molecule has 2 atom stereocenters. The van der Waals surface area contributed by atoms with Crippen LogP contribution >= 0.6 is 0 Å². The Morgan fingerprint density at radius 2 is 2.36 bits per heavy atom. The van der Waals surface area contributed by atoms with Crippen molar-refractivity contribution < 1.29 is 14.6 Å². The summed E-state index contributed by atoms with van der Waals surface area (Å²) in [6, 6.07) is 0. The van der Waals surface area contributed by atoms with Gasteiger partial charge in [0, 0.05) is 6.92 Å². The predicted octanol–water partition coefficient (Wildman–Crippen LogP) is 0.711. The Bertz CT molecular complexity index is 144. The second-order valence-corrected chi connectivity index (χ2v) is 3.14. The van der Waals surface area contributed by atoms with E-state index in [1.165, 1.54) is 6.92 Å². The predicted molar refractivity (Wildman–Crippen MR) is 40.0 cm³/mol. The fourth-order valence-corrected chi connectivity index (χ4v) is 1.44. The Labute approximate surface area is 66.4 Å². The van der Waals surface area contributed by atoms with E-state index in [0.29, 0.717) is 12.5 Å². The quantitative estimate of drug-likeness (QED) is 0.602. The summed E-state index contributed by atoms with van der Waals surface area (Å²) >= 11 is 0. The summed E-state index contributed by atoms with van der Waals surface area (Å²) < 4.78 is 4.82. The normalized spacial score (nSPS) is 30.4. The molecule has 0 heterocycles. The molecule has 3 heteroatoms. The molecule has 0 radical (unpaired) electrons. The van der Waals surface area contributed by atoms with Crippen LogP contribution < -0.4 is 0 Å². The van der Waals surface area contributed by atoms with Crippen LogP contribution in [-0.2, 0) is 9.53 Å². The highest BCUT2D eigenvalue weighted by molar-refractivity contribution is 5.65. The summed E-state index contributed by atoms with van der Waals surface area (Å²) in [5.74, 6) is 0.153. The van der Waals surface area contributed by atoms with Gasteiger partial charge in [0.2, 0.25) is 0 Å². The van der Waals surface area contributed by atoms with E-state index in [1.807, 2.05) is 0 Å². The Morgan fingerprint density at radius 3 is 2.82 bits per heavy atom. The lowest BCUT2D eigenvalue weighted by atomic mass is 10.1. The number of esters is 1. The number of hydrogen-bond donors (Lipinski definition) is 1. The van der Waals surface area contributed by atoms with E-state index in [4.69, 9.17) is 9.84 Å². The van der Waals surface area contributed by atoms with Crippen molar-refractivity contribution in [2.45, 2.75) is 32.3 Å². The fourth-order valence-electron chi connectivity index (χ4n) is 1.44. The van der Waals surface area contributed by atoms with Gasteiger partial charge in [0.1, 0.15) is 0 Å². The molecule has 0 spiro atoms. The van der Waals surface area contributed by atoms with E-state index < -0.39 is 0 Å². The molecular formula is C8H14O3. The molecule has 1 aliphatic rings. The highest BCUT2D eigenvalue weighted by Crippen LogP contribution is 2.25. The molecule has 3 nitrogen and oxygen atoms in total. The van der Waals surface area contributed by atoms with Crippen LogP contribution in [0.15, 0.2) is 0 Å². The smallest absolute Gasteiger partial charge is 0.302 e. The largest absolute Gasteiger partial charge is 0.466 e. The first-order valence-electron chi connectivity index (χ1n) is 4.00. The molecule has 1 saturated carbocycles. The number of aliphatic hydroxyl groups excluding tert-OH is 1. The van der Waals surface area contributed by atoms with Gasteiger partial charge in [-0.1, -0.05) is 0 Å². The van der Waals surface area contributed by atoms with E-state index in [0.717, 1.165) is 19.3 Å². The maximum Gasteiger partial charge on any atom is 0.302 e. The van der Waals surface area contributed by atoms with Gasteiger partial charge in [0.25, 0.3) is 0 Å². The Balaban J connectivity index is 2.13. The van der Waals surface area contributed by atoms with Gasteiger partial charge in [-0.3, -0.25) is 4.79 Å². The van der Waals surface area contributed by atoms with Gasteiger partial charge in [0.05, 0.1) is 12.7 Å². The number of carbonyl (C=O) groups is 1. The van der Waals surface area contributed by atoms with E-state index in [9.17, 15) is 4.79 Å². The van der Waals surface area contributed by atoms with Gasteiger partial charge in [-0.25, -0.2) is 0 Å². The van der Waals surface area contributed by atoms with Crippen molar-refractivity contribution in [2.75, 3.05) is 6.61 Å². The van der Waals surface area contributed by atoms with Gasteiger partial charge in [-0.15, -0.1) is 0 Å². The van der Waals surface area contributed by atoms with Crippen LogP contribution in [0, 0.1) is 5.92 Å². The highest BCUT2D eigenvalue weighted by Gasteiger charge is 2.23. The molecule has 1 aliphatic carbocycles. The maximum atomic E-state index is 10.4. The van der Waals surface area contributed by atoms with Crippen LogP contribution in [0.25, 0.3) is 0 Å². The minimum absolute atomic E-state index is 0.171. The number of ether oxygens (including phenoxy) is 1.